The Balaban J connectivity index is 2.61. The molecule has 6 heteroatoms. The predicted octanol–water partition coefficient (Wildman–Crippen LogP) is 3.42. The van der Waals surface area contributed by atoms with Crippen LogP contribution in [0.4, 0.5) is 24.5 Å². The van der Waals surface area contributed by atoms with E-state index in [0.29, 0.717) is 17.1 Å². The Morgan fingerprint density at radius 1 is 1.33 bits per heavy atom. The van der Waals surface area contributed by atoms with Crippen LogP contribution in [-0.2, 0) is 0 Å². The molecule has 18 heavy (non-hydrogen) atoms. The van der Waals surface area contributed by atoms with Crippen LogP contribution in [0, 0.1) is 0 Å². The molecule has 3 N–H and O–H groups in total. The molecule has 0 aromatic heterocycles. The summed E-state index contributed by atoms with van der Waals surface area (Å²) in [7, 11) is 0. The normalized spacial score (nSPS) is 11.7. The predicted molar refractivity (Wildman–Crippen MR) is 65.8 cm³/mol. The van der Waals surface area contributed by atoms with Gasteiger partial charge in [0.15, 0.2) is 0 Å². The third-order valence-corrected chi connectivity index (χ3v) is 2.11. The number of hydrogen-bond acceptors (Lipinski definition) is 3. The van der Waals surface area contributed by atoms with Crippen molar-refractivity contribution in [2.24, 2.45) is 0 Å². The van der Waals surface area contributed by atoms with Crippen molar-refractivity contribution >= 4 is 11.4 Å². The first-order valence-corrected chi connectivity index (χ1v) is 5.65. The van der Waals surface area contributed by atoms with Gasteiger partial charge >= 0.3 is 6.18 Å². The van der Waals surface area contributed by atoms with Gasteiger partial charge in [0, 0.05) is 18.3 Å². The summed E-state index contributed by atoms with van der Waals surface area (Å²) in [6.07, 6.45) is -5.08. The van der Waals surface area contributed by atoms with Crippen LogP contribution in [0.15, 0.2) is 18.2 Å². The zero-order chi connectivity index (χ0) is 13.8. The zero-order valence-corrected chi connectivity index (χ0v) is 10.3. The van der Waals surface area contributed by atoms with Gasteiger partial charge in [0.2, 0.25) is 0 Å². The minimum atomic E-state index is -4.15. The number of alkyl halides is 3. The third-order valence-electron chi connectivity index (χ3n) is 2.11. The van der Waals surface area contributed by atoms with Gasteiger partial charge in [-0.2, -0.15) is 13.2 Å². The summed E-state index contributed by atoms with van der Waals surface area (Å²) >= 11 is 0. The van der Waals surface area contributed by atoms with Gasteiger partial charge < -0.3 is 15.8 Å². The van der Waals surface area contributed by atoms with E-state index in [2.05, 4.69) is 5.32 Å². The molecule has 0 amide bonds. The third kappa shape index (κ3) is 5.16. The molecule has 0 atom stereocenters. The first-order chi connectivity index (χ1) is 8.28. The van der Waals surface area contributed by atoms with Crippen LogP contribution in [0.2, 0.25) is 0 Å². The number of nitrogens with two attached hydrogens (primary N) is 1. The molecule has 0 spiro atoms. The molecule has 3 nitrogen and oxygen atoms in total. The van der Waals surface area contributed by atoms with Gasteiger partial charge in [0.1, 0.15) is 5.75 Å². The van der Waals surface area contributed by atoms with E-state index >= 15 is 0 Å². The second kappa shape index (κ2) is 5.84. The summed E-state index contributed by atoms with van der Waals surface area (Å²) in [6.45, 7) is 3.53. The van der Waals surface area contributed by atoms with Gasteiger partial charge in [0.05, 0.1) is 18.2 Å². The Bertz CT molecular complexity index is 391. The van der Waals surface area contributed by atoms with E-state index in [-0.39, 0.29) is 12.6 Å². The summed E-state index contributed by atoms with van der Waals surface area (Å²) in [5.74, 6) is 0.474. The molecule has 0 saturated heterocycles. The summed E-state index contributed by atoms with van der Waals surface area (Å²) in [5, 5.41) is 2.69. The topological polar surface area (TPSA) is 47.3 Å². The molecule has 0 saturated carbocycles. The number of nitrogen functional groups attached to an aromatic ring is 1. The Kier molecular flexibility index (Phi) is 4.69. The van der Waals surface area contributed by atoms with E-state index in [1.165, 1.54) is 0 Å². The maximum Gasteiger partial charge on any atom is 0.390 e. The summed E-state index contributed by atoms with van der Waals surface area (Å²) < 4.78 is 41.4. The van der Waals surface area contributed by atoms with Crippen molar-refractivity contribution in [3.8, 4) is 5.75 Å². The van der Waals surface area contributed by atoms with E-state index < -0.39 is 12.6 Å². The quantitative estimate of drug-likeness (QED) is 0.799. The second-order valence-corrected chi connectivity index (χ2v) is 4.21. The molecule has 0 aliphatic heterocycles. The standard InChI is InChI=1S/C12H17F3N2O/c1-8(2)18-11-7-9(3-4-10(11)16)17-6-5-12(13,14)15/h3-4,7-8,17H,5-6,16H2,1-2H3. The first-order valence-electron chi connectivity index (χ1n) is 5.65. The van der Waals surface area contributed by atoms with Crippen molar-refractivity contribution in [3.05, 3.63) is 18.2 Å². The lowest BCUT2D eigenvalue weighted by atomic mass is 10.2. The van der Waals surface area contributed by atoms with Crippen LogP contribution in [0.5, 0.6) is 5.75 Å². The molecule has 102 valence electrons. The summed E-state index contributed by atoms with van der Waals surface area (Å²) in [5.41, 5.74) is 6.73. The van der Waals surface area contributed by atoms with Crippen LogP contribution in [0.25, 0.3) is 0 Å². The highest BCUT2D eigenvalue weighted by Gasteiger charge is 2.26. The molecule has 0 bridgehead atoms. The molecule has 0 unspecified atom stereocenters. The highest BCUT2D eigenvalue weighted by Crippen LogP contribution is 2.27. The Labute approximate surface area is 104 Å². The van der Waals surface area contributed by atoms with Gasteiger partial charge in [0.25, 0.3) is 0 Å². The van der Waals surface area contributed by atoms with E-state index in [9.17, 15) is 13.2 Å². The molecule has 1 aromatic rings. The maximum absolute atomic E-state index is 12.0. The van der Waals surface area contributed by atoms with Crippen LogP contribution < -0.4 is 15.8 Å². The maximum atomic E-state index is 12.0. The zero-order valence-electron chi connectivity index (χ0n) is 10.3. The summed E-state index contributed by atoms with van der Waals surface area (Å²) in [4.78, 5) is 0. The highest BCUT2D eigenvalue weighted by molar-refractivity contribution is 5.61. The van der Waals surface area contributed by atoms with Crippen molar-refractivity contribution in [1.29, 1.82) is 0 Å². The Hall–Kier alpha value is -1.59. The van der Waals surface area contributed by atoms with Gasteiger partial charge in [-0.25, -0.2) is 0 Å². The van der Waals surface area contributed by atoms with E-state index in [1.54, 1.807) is 18.2 Å². The number of nitrogens with one attached hydrogen (secondary N) is 1. The number of rotatable bonds is 5. The lowest BCUT2D eigenvalue weighted by Crippen LogP contribution is -2.14. The van der Waals surface area contributed by atoms with Gasteiger partial charge in [-0.3, -0.25) is 0 Å². The fourth-order valence-corrected chi connectivity index (χ4v) is 1.35. The molecule has 1 aromatic carbocycles. The van der Waals surface area contributed by atoms with Crippen molar-refractivity contribution in [2.45, 2.75) is 32.5 Å². The largest absolute Gasteiger partial charge is 0.489 e. The van der Waals surface area contributed by atoms with Gasteiger partial charge in [-0.1, -0.05) is 0 Å². The van der Waals surface area contributed by atoms with Crippen molar-refractivity contribution < 1.29 is 17.9 Å². The van der Waals surface area contributed by atoms with Crippen molar-refractivity contribution in [1.82, 2.24) is 0 Å². The van der Waals surface area contributed by atoms with Crippen LogP contribution in [0.3, 0.4) is 0 Å². The average molecular weight is 262 g/mol. The molecular weight excluding hydrogens is 245 g/mol. The molecule has 0 aliphatic carbocycles. The average Bonchev–Trinajstić information content (AvgIpc) is 2.20. The van der Waals surface area contributed by atoms with Crippen molar-refractivity contribution in [3.63, 3.8) is 0 Å². The van der Waals surface area contributed by atoms with Gasteiger partial charge in [-0.05, 0) is 26.0 Å². The molecule has 0 heterocycles. The van der Waals surface area contributed by atoms with E-state index in [4.69, 9.17) is 10.5 Å². The Morgan fingerprint density at radius 2 is 2.00 bits per heavy atom. The lowest BCUT2D eigenvalue weighted by Gasteiger charge is -2.14. The number of hydrogen-bond donors (Lipinski definition) is 2. The number of anilines is 2. The van der Waals surface area contributed by atoms with Gasteiger partial charge in [-0.15, -0.1) is 0 Å². The first kappa shape index (κ1) is 14.5. The summed E-state index contributed by atoms with van der Waals surface area (Å²) in [6, 6.07) is 4.83. The molecule has 1 rings (SSSR count). The number of ether oxygens (including phenoxy) is 1. The SMILES string of the molecule is CC(C)Oc1cc(NCCC(F)(F)F)ccc1N. The number of halogens is 3. The highest BCUT2D eigenvalue weighted by atomic mass is 19.4. The molecule has 0 fully saturated rings. The Morgan fingerprint density at radius 3 is 2.56 bits per heavy atom. The van der Waals surface area contributed by atoms with Crippen molar-refractivity contribution in [2.75, 3.05) is 17.6 Å². The van der Waals surface area contributed by atoms with Crippen LogP contribution in [-0.4, -0.2) is 18.8 Å². The smallest absolute Gasteiger partial charge is 0.390 e. The van der Waals surface area contributed by atoms with E-state index in [1.807, 2.05) is 13.8 Å². The fourth-order valence-electron chi connectivity index (χ4n) is 1.35. The monoisotopic (exact) mass is 262 g/mol. The van der Waals surface area contributed by atoms with Crippen LogP contribution in [0.1, 0.15) is 20.3 Å². The van der Waals surface area contributed by atoms with Crippen LogP contribution >= 0.6 is 0 Å². The molecular formula is C12H17F3N2O. The van der Waals surface area contributed by atoms with E-state index in [0.717, 1.165) is 0 Å². The molecule has 0 radical (unpaired) electrons. The minimum absolute atomic E-state index is 0.0438. The lowest BCUT2D eigenvalue weighted by molar-refractivity contribution is -0.131. The molecule has 0 aliphatic rings. The fraction of sp³-hybridized carbons (Fsp3) is 0.500. The number of benzene rings is 1. The second-order valence-electron chi connectivity index (χ2n) is 4.21. The minimum Gasteiger partial charge on any atom is -0.489 e.